The van der Waals surface area contributed by atoms with Crippen LogP contribution in [0, 0.1) is 0 Å². The molecule has 0 atom stereocenters. The maximum atomic E-state index is 10.6. The van der Waals surface area contributed by atoms with E-state index in [1.165, 1.54) is 0 Å². The fraction of sp³-hybridized carbons (Fsp3) is 0. The number of benzene rings is 2. The summed E-state index contributed by atoms with van der Waals surface area (Å²) in [7, 11) is 0. The standard InChI is InChI=1S/C20H14O2/c21-20(22)14-11-15-9-12-17(13-10-15)19-8-4-2-6-16-5-1-3-7-18(16)19/h1,3-14H,(H,21,22)/b14-11+. The van der Waals surface area contributed by atoms with E-state index in [2.05, 4.69) is 17.9 Å². The molecule has 0 saturated carbocycles. The largest absolute Gasteiger partial charge is 0.478 e. The number of rotatable bonds is 3. The second-order valence-electron chi connectivity index (χ2n) is 4.94. The lowest BCUT2D eigenvalue weighted by atomic mass is 9.93. The summed E-state index contributed by atoms with van der Waals surface area (Å²) in [6.07, 6.45) is 8.66. The van der Waals surface area contributed by atoms with Crippen molar-refractivity contribution >= 4 is 23.7 Å². The second-order valence-corrected chi connectivity index (χ2v) is 4.94. The number of carbonyl (C=O) groups is 1. The Hall–Kier alpha value is -3.09. The molecule has 2 aromatic rings. The lowest BCUT2D eigenvalue weighted by molar-refractivity contribution is -0.131. The molecular formula is C20H14O2. The lowest BCUT2D eigenvalue weighted by Gasteiger charge is -2.10. The molecule has 22 heavy (non-hydrogen) atoms. The van der Waals surface area contributed by atoms with E-state index in [0.29, 0.717) is 0 Å². The third-order valence-electron chi connectivity index (χ3n) is 3.48. The fourth-order valence-corrected chi connectivity index (χ4v) is 2.42. The Morgan fingerprint density at radius 2 is 1.82 bits per heavy atom. The molecule has 2 aromatic carbocycles. The molecule has 2 heteroatoms. The predicted molar refractivity (Wildman–Crippen MR) is 89.2 cm³/mol. The van der Waals surface area contributed by atoms with Gasteiger partial charge < -0.3 is 5.11 Å². The smallest absolute Gasteiger partial charge is 0.328 e. The first kappa shape index (κ1) is 13.9. The minimum atomic E-state index is -0.944. The van der Waals surface area contributed by atoms with Crippen molar-refractivity contribution in [2.45, 2.75) is 0 Å². The Bertz CT molecular complexity index is 830. The summed E-state index contributed by atoms with van der Waals surface area (Å²) >= 11 is 0. The van der Waals surface area contributed by atoms with Gasteiger partial charge in [0.15, 0.2) is 0 Å². The van der Waals surface area contributed by atoms with Crippen molar-refractivity contribution in [2.24, 2.45) is 0 Å². The maximum Gasteiger partial charge on any atom is 0.328 e. The van der Waals surface area contributed by atoms with Crippen LogP contribution >= 0.6 is 0 Å². The molecule has 2 nitrogen and oxygen atoms in total. The molecule has 0 spiro atoms. The van der Waals surface area contributed by atoms with Crippen LogP contribution in [0.1, 0.15) is 22.3 Å². The first-order chi connectivity index (χ1) is 10.7. The summed E-state index contributed by atoms with van der Waals surface area (Å²) in [5.74, 6) is -0.944. The van der Waals surface area contributed by atoms with E-state index in [9.17, 15) is 4.79 Å². The Kier molecular flexibility index (Phi) is 3.86. The van der Waals surface area contributed by atoms with Gasteiger partial charge in [-0.15, -0.1) is 5.73 Å². The van der Waals surface area contributed by atoms with Gasteiger partial charge in [0.1, 0.15) is 0 Å². The number of hydrogen-bond donors (Lipinski definition) is 1. The summed E-state index contributed by atoms with van der Waals surface area (Å²) < 4.78 is 0. The molecule has 1 aliphatic rings. The van der Waals surface area contributed by atoms with E-state index in [1.807, 2.05) is 54.6 Å². The van der Waals surface area contributed by atoms with Gasteiger partial charge in [0.05, 0.1) is 0 Å². The fourth-order valence-electron chi connectivity index (χ4n) is 2.42. The number of carboxylic acid groups (broad SMARTS) is 1. The topological polar surface area (TPSA) is 37.3 Å². The van der Waals surface area contributed by atoms with Gasteiger partial charge in [-0.05, 0) is 52.1 Å². The zero-order valence-corrected chi connectivity index (χ0v) is 11.9. The number of allylic oxidation sites excluding steroid dienone is 2. The van der Waals surface area contributed by atoms with E-state index in [1.54, 1.807) is 6.08 Å². The maximum absolute atomic E-state index is 10.6. The summed E-state index contributed by atoms with van der Waals surface area (Å²) in [6, 6.07) is 16.0. The quantitative estimate of drug-likeness (QED) is 0.671. The highest BCUT2D eigenvalue weighted by molar-refractivity contribution is 5.87. The minimum Gasteiger partial charge on any atom is -0.478 e. The summed E-state index contributed by atoms with van der Waals surface area (Å²) in [6.45, 7) is 0. The van der Waals surface area contributed by atoms with E-state index >= 15 is 0 Å². The molecular weight excluding hydrogens is 272 g/mol. The molecule has 1 N–H and O–H groups in total. The monoisotopic (exact) mass is 286 g/mol. The van der Waals surface area contributed by atoms with Crippen LogP contribution in [-0.2, 0) is 4.79 Å². The molecule has 0 aromatic heterocycles. The Balaban J connectivity index is 1.98. The highest BCUT2D eigenvalue weighted by Gasteiger charge is 2.08. The van der Waals surface area contributed by atoms with E-state index < -0.39 is 5.97 Å². The lowest BCUT2D eigenvalue weighted by Crippen LogP contribution is -1.91. The van der Waals surface area contributed by atoms with Crippen LogP contribution in [0.2, 0.25) is 0 Å². The molecule has 0 amide bonds. The van der Waals surface area contributed by atoms with Gasteiger partial charge in [0.2, 0.25) is 0 Å². The van der Waals surface area contributed by atoms with Crippen molar-refractivity contribution in [1.29, 1.82) is 0 Å². The Labute approximate surface area is 129 Å². The van der Waals surface area contributed by atoms with Gasteiger partial charge in [0, 0.05) is 6.08 Å². The SMILES string of the molecule is O=C(O)/C=C/c1ccc(C2=CC=C=Cc3ccccc32)cc1. The molecule has 0 aliphatic heterocycles. The van der Waals surface area contributed by atoms with Crippen molar-refractivity contribution in [2.75, 3.05) is 0 Å². The van der Waals surface area contributed by atoms with Crippen molar-refractivity contribution in [3.63, 3.8) is 0 Å². The normalized spacial score (nSPS) is 12.8. The molecule has 3 rings (SSSR count). The molecule has 0 saturated heterocycles. The molecule has 0 fully saturated rings. The van der Waals surface area contributed by atoms with Crippen LogP contribution in [0.5, 0.6) is 0 Å². The third kappa shape index (κ3) is 2.98. The van der Waals surface area contributed by atoms with Crippen LogP contribution in [0.3, 0.4) is 0 Å². The van der Waals surface area contributed by atoms with Gasteiger partial charge in [-0.25, -0.2) is 4.79 Å². The summed E-state index contributed by atoms with van der Waals surface area (Å²) in [4.78, 5) is 10.6. The molecule has 106 valence electrons. The highest BCUT2D eigenvalue weighted by Crippen LogP contribution is 2.28. The molecule has 0 bridgehead atoms. The number of hydrogen-bond acceptors (Lipinski definition) is 1. The Morgan fingerprint density at radius 3 is 2.59 bits per heavy atom. The number of carboxylic acids is 1. The third-order valence-corrected chi connectivity index (χ3v) is 3.48. The number of aliphatic carboxylic acids is 1. The van der Waals surface area contributed by atoms with E-state index in [-0.39, 0.29) is 0 Å². The van der Waals surface area contributed by atoms with Crippen LogP contribution in [0.15, 0.2) is 72.5 Å². The predicted octanol–water partition coefficient (Wildman–Crippen LogP) is 4.40. The van der Waals surface area contributed by atoms with Crippen LogP contribution in [0.25, 0.3) is 17.7 Å². The summed E-state index contributed by atoms with van der Waals surface area (Å²) in [5, 5.41) is 8.66. The molecule has 0 radical (unpaired) electrons. The first-order valence-electron chi connectivity index (χ1n) is 6.98. The number of fused-ring (bicyclic) bond motifs is 1. The van der Waals surface area contributed by atoms with Crippen molar-refractivity contribution in [1.82, 2.24) is 0 Å². The Morgan fingerprint density at radius 1 is 1.05 bits per heavy atom. The van der Waals surface area contributed by atoms with E-state index in [0.717, 1.165) is 33.9 Å². The average molecular weight is 286 g/mol. The van der Waals surface area contributed by atoms with Crippen LogP contribution in [0.4, 0.5) is 0 Å². The summed E-state index contributed by atoms with van der Waals surface area (Å²) in [5.41, 5.74) is 8.53. The molecule has 1 aliphatic carbocycles. The average Bonchev–Trinajstić information content (AvgIpc) is 2.76. The van der Waals surface area contributed by atoms with Crippen LogP contribution < -0.4 is 0 Å². The zero-order chi connectivity index (χ0) is 15.4. The second kappa shape index (κ2) is 6.13. The van der Waals surface area contributed by atoms with Gasteiger partial charge in [-0.3, -0.25) is 0 Å². The first-order valence-corrected chi connectivity index (χ1v) is 6.98. The van der Waals surface area contributed by atoms with Crippen molar-refractivity contribution in [3.8, 4) is 0 Å². The van der Waals surface area contributed by atoms with Crippen molar-refractivity contribution < 1.29 is 9.90 Å². The van der Waals surface area contributed by atoms with Gasteiger partial charge in [-0.1, -0.05) is 48.5 Å². The highest BCUT2D eigenvalue weighted by atomic mass is 16.4. The molecule has 0 heterocycles. The molecule has 0 unspecified atom stereocenters. The van der Waals surface area contributed by atoms with Gasteiger partial charge >= 0.3 is 5.97 Å². The van der Waals surface area contributed by atoms with Gasteiger partial charge in [-0.2, -0.15) is 0 Å². The van der Waals surface area contributed by atoms with E-state index in [4.69, 9.17) is 5.11 Å². The van der Waals surface area contributed by atoms with Crippen LogP contribution in [-0.4, -0.2) is 11.1 Å². The minimum absolute atomic E-state index is 0.863. The van der Waals surface area contributed by atoms with Gasteiger partial charge in [0.25, 0.3) is 0 Å². The van der Waals surface area contributed by atoms with Crippen molar-refractivity contribution in [3.05, 3.63) is 94.7 Å². The zero-order valence-electron chi connectivity index (χ0n) is 11.9.